The molecule has 8 aromatic rings. The van der Waals surface area contributed by atoms with Gasteiger partial charge in [0.15, 0.2) is 17.5 Å². The van der Waals surface area contributed by atoms with Gasteiger partial charge in [0, 0.05) is 45.2 Å². The van der Waals surface area contributed by atoms with Crippen LogP contribution in [0, 0.1) is 17.2 Å². The van der Waals surface area contributed by atoms with Crippen molar-refractivity contribution in [2.45, 2.75) is 11.3 Å². The van der Waals surface area contributed by atoms with E-state index in [0.717, 1.165) is 50.4 Å². The second-order valence-corrected chi connectivity index (χ2v) is 15.0. The fourth-order valence-electron chi connectivity index (χ4n) is 9.47. The van der Waals surface area contributed by atoms with Gasteiger partial charge in [-0.1, -0.05) is 176 Å². The quantitative estimate of drug-likeness (QED) is 0.176. The van der Waals surface area contributed by atoms with Crippen LogP contribution in [0.5, 0.6) is 11.5 Å². The van der Waals surface area contributed by atoms with Gasteiger partial charge in [-0.05, 0) is 46.0 Å². The first-order valence-electron chi connectivity index (χ1n) is 19.6. The Morgan fingerprint density at radius 2 is 1.05 bits per heavy atom. The predicted molar refractivity (Wildman–Crippen MR) is 229 cm³/mol. The van der Waals surface area contributed by atoms with Crippen LogP contribution in [-0.4, -0.2) is 15.0 Å². The first-order chi connectivity index (χ1) is 28.7. The molecule has 11 rings (SSSR count). The lowest BCUT2D eigenvalue weighted by Gasteiger charge is -2.44. The molecule has 3 aliphatic rings. The number of nitriles is 1. The molecule has 272 valence electrons. The van der Waals surface area contributed by atoms with Gasteiger partial charge in [0.05, 0.1) is 17.0 Å². The molecule has 3 atom stereocenters. The molecule has 0 saturated carbocycles. The predicted octanol–water partition coefficient (Wildman–Crippen LogP) is 12.2. The van der Waals surface area contributed by atoms with Crippen LogP contribution >= 0.6 is 0 Å². The van der Waals surface area contributed by atoms with E-state index in [2.05, 4.69) is 127 Å². The Labute approximate surface area is 337 Å². The van der Waals surface area contributed by atoms with E-state index < -0.39 is 5.41 Å². The number of benzene rings is 7. The number of allylic oxidation sites excluding steroid dienone is 4. The third-order valence-electron chi connectivity index (χ3n) is 12.0. The highest BCUT2D eigenvalue weighted by molar-refractivity contribution is 5.84. The smallest absolute Gasteiger partial charge is 0.164 e. The van der Waals surface area contributed by atoms with Crippen molar-refractivity contribution in [3.8, 4) is 62.9 Å². The molecule has 0 saturated heterocycles. The topological polar surface area (TPSA) is 71.7 Å². The lowest BCUT2D eigenvalue weighted by molar-refractivity contribution is 0.377. The molecule has 3 unspecified atom stereocenters. The summed E-state index contributed by atoms with van der Waals surface area (Å²) in [5.41, 5.74) is 12.3. The lowest BCUT2D eigenvalue weighted by atomic mass is 9.60. The Balaban J connectivity index is 1.05. The largest absolute Gasteiger partial charge is 0.456 e. The van der Waals surface area contributed by atoms with E-state index >= 15 is 0 Å². The summed E-state index contributed by atoms with van der Waals surface area (Å²) < 4.78 is 7.02. The van der Waals surface area contributed by atoms with Crippen molar-refractivity contribution in [1.82, 2.24) is 15.0 Å². The zero-order chi connectivity index (χ0) is 38.6. The Morgan fingerprint density at radius 1 is 0.500 bits per heavy atom. The summed E-state index contributed by atoms with van der Waals surface area (Å²) in [6.45, 7) is 0. The number of rotatable bonds is 5. The summed E-state index contributed by atoms with van der Waals surface area (Å²) >= 11 is 0. The number of fused-ring (bicyclic) bond motifs is 9. The Hall–Kier alpha value is -7.68. The third kappa shape index (κ3) is 5.19. The first-order valence-corrected chi connectivity index (χ1v) is 19.6. The Morgan fingerprint density at radius 3 is 1.72 bits per heavy atom. The van der Waals surface area contributed by atoms with Crippen LogP contribution in [0.4, 0.5) is 0 Å². The zero-order valence-electron chi connectivity index (χ0n) is 31.3. The lowest BCUT2D eigenvalue weighted by Crippen LogP contribution is -2.38. The van der Waals surface area contributed by atoms with Gasteiger partial charge in [-0.3, -0.25) is 0 Å². The van der Waals surface area contributed by atoms with E-state index in [-0.39, 0.29) is 11.8 Å². The van der Waals surface area contributed by atoms with Gasteiger partial charge in [-0.15, -0.1) is 0 Å². The molecule has 0 amide bonds. The van der Waals surface area contributed by atoms with Crippen molar-refractivity contribution < 1.29 is 4.74 Å². The molecule has 1 aliphatic heterocycles. The van der Waals surface area contributed by atoms with Gasteiger partial charge in [0.25, 0.3) is 0 Å². The van der Waals surface area contributed by atoms with Crippen molar-refractivity contribution in [2.75, 3.05) is 0 Å². The maximum atomic E-state index is 9.54. The van der Waals surface area contributed by atoms with Crippen molar-refractivity contribution in [3.05, 3.63) is 228 Å². The molecule has 5 nitrogen and oxygen atoms in total. The monoisotopic (exact) mass is 742 g/mol. The Kier molecular flexibility index (Phi) is 7.84. The second kappa shape index (κ2) is 13.5. The van der Waals surface area contributed by atoms with Gasteiger partial charge in [-0.2, -0.15) is 5.26 Å². The van der Waals surface area contributed by atoms with Crippen LogP contribution in [0.2, 0.25) is 0 Å². The summed E-state index contributed by atoms with van der Waals surface area (Å²) in [5, 5.41) is 9.54. The molecular formula is C53H34N4O. The molecule has 5 heteroatoms. The average molecular weight is 743 g/mol. The third-order valence-corrected chi connectivity index (χ3v) is 12.0. The van der Waals surface area contributed by atoms with Crippen molar-refractivity contribution in [1.29, 1.82) is 5.26 Å². The van der Waals surface area contributed by atoms with Crippen molar-refractivity contribution in [2.24, 2.45) is 5.92 Å². The molecule has 1 aromatic heterocycles. The minimum absolute atomic E-state index is 0.0726. The fourth-order valence-corrected chi connectivity index (χ4v) is 9.47. The van der Waals surface area contributed by atoms with Crippen LogP contribution in [0.1, 0.15) is 39.3 Å². The van der Waals surface area contributed by atoms with E-state index in [0.29, 0.717) is 23.0 Å². The second-order valence-electron chi connectivity index (χ2n) is 15.0. The van der Waals surface area contributed by atoms with Crippen LogP contribution in [-0.2, 0) is 5.41 Å². The minimum Gasteiger partial charge on any atom is -0.456 e. The fraction of sp³-hybridized carbons (Fsp3) is 0.0566. The molecule has 1 spiro atoms. The number of aromatic nitrogens is 3. The molecule has 2 aliphatic carbocycles. The highest BCUT2D eigenvalue weighted by Crippen LogP contribution is 2.67. The standard InChI is InChI=1S/C53H34N4O/c54-33-34-25-27-35(28-26-34)40-18-11-22-45-48(40)42-17-7-8-20-43(42)53(45)44-21-9-10-24-47(44)58-49-41(19-12-23-46(49)53)36-29-31-39(32-30-36)52-56-50(37-13-3-1-4-14-37)55-51(57-52)38-15-5-2-6-16-38/h1-32,45,48H. The molecule has 0 radical (unpaired) electrons. The maximum Gasteiger partial charge on any atom is 0.164 e. The number of nitrogens with zero attached hydrogens (tertiary/aromatic N) is 4. The summed E-state index contributed by atoms with van der Waals surface area (Å²) in [4.78, 5) is 14.8. The van der Waals surface area contributed by atoms with Crippen LogP contribution in [0.15, 0.2) is 194 Å². The van der Waals surface area contributed by atoms with Gasteiger partial charge in [-0.25, -0.2) is 15.0 Å². The average Bonchev–Trinajstić information content (AvgIpc) is 3.60. The summed E-state index contributed by atoms with van der Waals surface area (Å²) in [5.74, 6) is 3.78. The van der Waals surface area contributed by atoms with Crippen LogP contribution < -0.4 is 4.74 Å². The van der Waals surface area contributed by atoms with Crippen LogP contribution in [0.25, 0.3) is 50.9 Å². The highest BCUT2D eigenvalue weighted by atomic mass is 16.5. The normalized spacial score (nSPS) is 18.2. The van der Waals surface area contributed by atoms with Gasteiger partial charge in [0.2, 0.25) is 0 Å². The van der Waals surface area contributed by atoms with Crippen molar-refractivity contribution >= 4 is 5.57 Å². The van der Waals surface area contributed by atoms with E-state index in [1.54, 1.807) is 0 Å². The number of hydrogen-bond donors (Lipinski definition) is 0. The minimum atomic E-state index is -0.517. The zero-order valence-corrected chi connectivity index (χ0v) is 31.3. The molecule has 0 N–H and O–H groups in total. The first kappa shape index (κ1) is 33.6. The number of ether oxygens (including phenoxy) is 1. The molecule has 7 aromatic carbocycles. The Bertz CT molecular complexity index is 2930. The molecular weight excluding hydrogens is 709 g/mol. The maximum absolute atomic E-state index is 9.54. The van der Waals surface area contributed by atoms with Gasteiger partial charge in [0.1, 0.15) is 11.5 Å². The summed E-state index contributed by atoms with van der Waals surface area (Å²) in [7, 11) is 0. The number of para-hydroxylation sites is 2. The van der Waals surface area contributed by atoms with Crippen molar-refractivity contribution in [3.63, 3.8) is 0 Å². The van der Waals surface area contributed by atoms with E-state index in [4.69, 9.17) is 19.7 Å². The SMILES string of the molecule is N#Cc1ccc(C2=CC=CC3C2c2ccccc2C32c3ccccc3Oc3c(-c4ccc(-c5nc(-c6ccccc6)nc(-c6ccccc6)n5)cc4)cccc32)cc1. The molecule has 0 bridgehead atoms. The van der Waals surface area contributed by atoms with E-state index in [1.807, 2.05) is 72.8 Å². The van der Waals surface area contributed by atoms with Gasteiger partial charge < -0.3 is 4.74 Å². The molecule has 58 heavy (non-hydrogen) atoms. The van der Waals surface area contributed by atoms with Crippen LogP contribution in [0.3, 0.4) is 0 Å². The van der Waals surface area contributed by atoms with Gasteiger partial charge >= 0.3 is 0 Å². The van der Waals surface area contributed by atoms with E-state index in [9.17, 15) is 5.26 Å². The highest BCUT2D eigenvalue weighted by Gasteiger charge is 2.58. The molecule has 2 heterocycles. The summed E-state index contributed by atoms with van der Waals surface area (Å²) in [6, 6.07) is 63.0. The summed E-state index contributed by atoms with van der Waals surface area (Å²) in [6.07, 6.45) is 6.87. The number of hydrogen-bond acceptors (Lipinski definition) is 5. The molecule has 0 fully saturated rings. The van der Waals surface area contributed by atoms with E-state index in [1.165, 1.54) is 22.3 Å².